The number of hydrogen-bond acceptors (Lipinski definition) is 4. The first kappa shape index (κ1) is 12.5. The minimum absolute atomic E-state index is 0.0438. The maximum atomic E-state index is 11.5. The van der Waals surface area contributed by atoms with Crippen LogP contribution in [0.5, 0.6) is 0 Å². The van der Waals surface area contributed by atoms with E-state index in [1.54, 1.807) is 18.5 Å². The number of aromatic nitrogens is 2. The van der Waals surface area contributed by atoms with Crippen LogP contribution in [0.25, 0.3) is 10.9 Å². The number of pyridine rings is 2. The Kier molecular flexibility index (Phi) is 3.03. The summed E-state index contributed by atoms with van der Waals surface area (Å²) in [5.74, 6) is -0.0438. The number of ketones is 1. The smallest absolute Gasteiger partial charge is 0.178 e. The van der Waals surface area contributed by atoms with E-state index in [4.69, 9.17) is 0 Å². The summed E-state index contributed by atoms with van der Waals surface area (Å²) in [5.41, 5.74) is 2.03. The van der Waals surface area contributed by atoms with Gasteiger partial charge in [-0.1, -0.05) is 0 Å². The molecule has 0 aromatic carbocycles. The Balaban J connectivity index is 2.64. The van der Waals surface area contributed by atoms with E-state index in [1.807, 2.05) is 6.07 Å². The fourth-order valence-electron chi connectivity index (χ4n) is 1.77. The van der Waals surface area contributed by atoms with E-state index in [2.05, 4.69) is 36.1 Å². The van der Waals surface area contributed by atoms with Gasteiger partial charge in [-0.05, 0) is 32.9 Å². The third kappa shape index (κ3) is 2.64. The van der Waals surface area contributed by atoms with E-state index < -0.39 is 0 Å². The van der Waals surface area contributed by atoms with Gasteiger partial charge in [0.15, 0.2) is 5.78 Å². The maximum Gasteiger partial charge on any atom is 0.178 e. The molecular weight excluding hydrogens is 226 g/mol. The summed E-state index contributed by atoms with van der Waals surface area (Å²) in [7, 11) is 0. The summed E-state index contributed by atoms with van der Waals surface area (Å²) >= 11 is 0. The maximum absolute atomic E-state index is 11.5. The Morgan fingerprint density at radius 2 is 2.06 bits per heavy atom. The molecule has 18 heavy (non-hydrogen) atoms. The van der Waals surface area contributed by atoms with Crippen molar-refractivity contribution in [3.05, 3.63) is 30.2 Å². The summed E-state index contributed by atoms with van der Waals surface area (Å²) < 4.78 is 0. The summed E-state index contributed by atoms with van der Waals surface area (Å²) in [4.78, 5) is 19.9. The minimum Gasteiger partial charge on any atom is -0.380 e. The number of carbonyl (C=O) groups is 1. The molecule has 0 amide bonds. The highest BCUT2D eigenvalue weighted by Crippen LogP contribution is 2.25. The lowest BCUT2D eigenvalue weighted by molar-refractivity contribution is 0.101. The molecule has 0 atom stereocenters. The van der Waals surface area contributed by atoms with Crippen LogP contribution < -0.4 is 5.32 Å². The fourth-order valence-corrected chi connectivity index (χ4v) is 1.77. The van der Waals surface area contributed by atoms with Crippen molar-refractivity contribution in [1.29, 1.82) is 0 Å². The van der Waals surface area contributed by atoms with Crippen LogP contribution in [0, 0.1) is 0 Å². The van der Waals surface area contributed by atoms with Crippen molar-refractivity contribution in [3.8, 4) is 0 Å². The molecule has 2 rings (SSSR count). The number of anilines is 1. The molecule has 2 heterocycles. The lowest BCUT2D eigenvalue weighted by Gasteiger charge is -2.23. The SMILES string of the molecule is CC(=O)c1cc(NC(C)(C)C)c2ccncc2n1. The van der Waals surface area contributed by atoms with Gasteiger partial charge in [-0.15, -0.1) is 0 Å². The zero-order valence-corrected chi connectivity index (χ0v) is 11.1. The second kappa shape index (κ2) is 4.37. The number of nitrogens with one attached hydrogen (secondary N) is 1. The third-order valence-electron chi connectivity index (χ3n) is 2.48. The van der Waals surface area contributed by atoms with Crippen LogP contribution in [0.3, 0.4) is 0 Å². The van der Waals surface area contributed by atoms with E-state index in [-0.39, 0.29) is 11.3 Å². The third-order valence-corrected chi connectivity index (χ3v) is 2.48. The van der Waals surface area contributed by atoms with Gasteiger partial charge in [-0.2, -0.15) is 0 Å². The van der Waals surface area contributed by atoms with Crippen molar-refractivity contribution in [2.45, 2.75) is 33.2 Å². The van der Waals surface area contributed by atoms with Crippen molar-refractivity contribution in [1.82, 2.24) is 9.97 Å². The minimum atomic E-state index is -0.0778. The number of Topliss-reactive ketones (excluding diaryl/α,β-unsaturated/α-hetero) is 1. The van der Waals surface area contributed by atoms with Crippen LogP contribution in [0.15, 0.2) is 24.5 Å². The van der Waals surface area contributed by atoms with Gasteiger partial charge in [-0.25, -0.2) is 4.98 Å². The number of hydrogen-bond donors (Lipinski definition) is 1. The van der Waals surface area contributed by atoms with Gasteiger partial charge in [0.2, 0.25) is 0 Å². The van der Waals surface area contributed by atoms with Crippen molar-refractivity contribution in [3.63, 3.8) is 0 Å². The van der Waals surface area contributed by atoms with E-state index in [0.717, 1.165) is 16.6 Å². The number of carbonyl (C=O) groups excluding carboxylic acids is 1. The highest BCUT2D eigenvalue weighted by Gasteiger charge is 2.14. The second-order valence-electron chi connectivity index (χ2n) is 5.38. The van der Waals surface area contributed by atoms with Crippen LogP contribution in [0.4, 0.5) is 5.69 Å². The molecule has 1 N–H and O–H groups in total. The Labute approximate surface area is 106 Å². The lowest BCUT2D eigenvalue weighted by atomic mass is 10.1. The standard InChI is InChI=1S/C14H17N3O/c1-9(18)11-7-12(17-14(2,3)4)10-5-6-15-8-13(10)16-11/h5-8H,1-4H3,(H,16,17). The molecular formula is C14H17N3O. The van der Waals surface area contributed by atoms with Gasteiger partial charge in [0.25, 0.3) is 0 Å². The molecule has 0 fully saturated rings. The lowest BCUT2D eigenvalue weighted by Crippen LogP contribution is -2.26. The van der Waals surface area contributed by atoms with Gasteiger partial charge in [-0.3, -0.25) is 9.78 Å². The van der Waals surface area contributed by atoms with Crippen LogP contribution in [-0.2, 0) is 0 Å². The van der Waals surface area contributed by atoms with Gasteiger partial charge in [0, 0.05) is 29.7 Å². The van der Waals surface area contributed by atoms with Crippen molar-refractivity contribution >= 4 is 22.4 Å². The molecule has 4 nitrogen and oxygen atoms in total. The number of rotatable bonds is 2. The first-order chi connectivity index (χ1) is 8.37. The van der Waals surface area contributed by atoms with Gasteiger partial charge < -0.3 is 5.32 Å². The van der Waals surface area contributed by atoms with Crippen molar-refractivity contribution in [2.24, 2.45) is 0 Å². The van der Waals surface area contributed by atoms with E-state index in [1.165, 1.54) is 6.92 Å². The molecule has 0 spiro atoms. The zero-order valence-electron chi connectivity index (χ0n) is 11.1. The average molecular weight is 243 g/mol. The second-order valence-corrected chi connectivity index (χ2v) is 5.38. The summed E-state index contributed by atoms with van der Waals surface area (Å²) in [5, 5.41) is 4.38. The number of nitrogens with zero attached hydrogens (tertiary/aromatic N) is 2. The summed E-state index contributed by atoms with van der Waals surface area (Å²) in [6, 6.07) is 3.70. The molecule has 94 valence electrons. The van der Waals surface area contributed by atoms with Crippen LogP contribution in [0.1, 0.15) is 38.2 Å². The van der Waals surface area contributed by atoms with Crippen molar-refractivity contribution < 1.29 is 4.79 Å². The molecule has 0 aliphatic carbocycles. The zero-order chi connectivity index (χ0) is 13.3. The predicted octanol–water partition coefficient (Wildman–Crippen LogP) is 3.04. The monoisotopic (exact) mass is 243 g/mol. The first-order valence-electron chi connectivity index (χ1n) is 5.91. The Bertz CT molecular complexity index is 600. The van der Waals surface area contributed by atoms with Gasteiger partial charge in [0.1, 0.15) is 5.69 Å². The molecule has 0 unspecified atom stereocenters. The quantitative estimate of drug-likeness (QED) is 0.824. The highest BCUT2D eigenvalue weighted by molar-refractivity contribution is 5.99. The predicted molar refractivity (Wildman–Crippen MR) is 72.9 cm³/mol. The molecule has 4 heteroatoms. The summed E-state index contributed by atoms with van der Waals surface area (Å²) in [6.45, 7) is 7.75. The van der Waals surface area contributed by atoms with Crippen LogP contribution in [-0.4, -0.2) is 21.3 Å². The highest BCUT2D eigenvalue weighted by atomic mass is 16.1. The molecule has 2 aromatic rings. The van der Waals surface area contributed by atoms with Gasteiger partial charge in [0.05, 0.1) is 11.7 Å². The van der Waals surface area contributed by atoms with E-state index in [0.29, 0.717) is 5.69 Å². The number of fused-ring (bicyclic) bond motifs is 1. The Morgan fingerprint density at radius 3 is 2.67 bits per heavy atom. The fraction of sp³-hybridized carbons (Fsp3) is 0.357. The molecule has 0 saturated heterocycles. The normalized spacial score (nSPS) is 11.6. The molecule has 0 aliphatic heterocycles. The largest absolute Gasteiger partial charge is 0.380 e. The molecule has 2 aromatic heterocycles. The van der Waals surface area contributed by atoms with E-state index >= 15 is 0 Å². The van der Waals surface area contributed by atoms with Crippen LogP contribution in [0.2, 0.25) is 0 Å². The van der Waals surface area contributed by atoms with E-state index in [9.17, 15) is 4.79 Å². The first-order valence-corrected chi connectivity index (χ1v) is 5.91. The van der Waals surface area contributed by atoms with Crippen LogP contribution >= 0.6 is 0 Å². The Hall–Kier alpha value is -1.97. The van der Waals surface area contributed by atoms with Gasteiger partial charge >= 0.3 is 0 Å². The average Bonchev–Trinajstić information content (AvgIpc) is 2.26. The topological polar surface area (TPSA) is 54.9 Å². The summed E-state index contributed by atoms with van der Waals surface area (Å²) in [6.07, 6.45) is 3.40. The molecule has 0 aliphatic rings. The molecule has 0 saturated carbocycles. The van der Waals surface area contributed by atoms with Crippen molar-refractivity contribution in [2.75, 3.05) is 5.32 Å². The Morgan fingerprint density at radius 1 is 1.33 bits per heavy atom. The molecule has 0 bridgehead atoms. The molecule has 0 radical (unpaired) electrons.